The quantitative estimate of drug-likeness (QED) is 0.872. The summed E-state index contributed by atoms with van der Waals surface area (Å²) in [4.78, 5) is 30.5. The van der Waals surface area contributed by atoms with Crippen LogP contribution in [0.15, 0.2) is 12.1 Å². The molecule has 5 nitrogen and oxygen atoms in total. The number of carbonyl (C=O) groups is 2. The fourth-order valence-electron chi connectivity index (χ4n) is 4.36. The SMILES string of the molecule is Cc1[nH]c2c(C)ccc(C)c2c1CC(=O)NC1CCCN(C(=O)C2CC2)C1. The molecule has 2 N–H and O–H groups in total. The number of likely N-dealkylation sites (tertiary alicyclic amines) is 1. The van der Waals surface area contributed by atoms with Gasteiger partial charge in [-0.1, -0.05) is 12.1 Å². The van der Waals surface area contributed by atoms with Gasteiger partial charge in [-0.25, -0.2) is 0 Å². The van der Waals surface area contributed by atoms with E-state index in [9.17, 15) is 9.59 Å². The molecule has 1 unspecified atom stereocenters. The van der Waals surface area contributed by atoms with Gasteiger partial charge in [0.25, 0.3) is 0 Å². The molecule has 1 aliphatic heterocycles. The van der Waals surface area contributed by atoms with Crippen LogP contribution in [0, 0.1) is 26.7 Å². The lowest BCUT2D eigenvalue weighted by Gasteiger charge is -2.33. The van der Waals surface area contributed by atoms with E-state index in [1.165, 1.54) is 16.5 Å². The predicted octanol–water partition coefficient (Wildman–Crippen LogP) is 3.15. The molecule has 2 heterocycles. The van der Waals surface area contributed by atoms with E-state index in [4.69, 9.17) is 0 Å². The van der Waals surface area contributed by atoms with Gasteiger partial charge in [-0.3, -0.25) is 9.59 Å². The van der Waals surface area contributed by atoms with Crippen LogP contribution in [-0.2, 0) is 16.0 Å². The van der Waals surface area contributed by atoms with Gasteiger partial charge in [0.2, 0.25) is 11.8 Å². The topological polar surface area (TPSA) is 65.2 Å². The van der Waals surface area contributed by atoms with E-state index < -0.39 is 0 Å². The molecule has 1 aromatic heterocycles. The summed E-state index contributed by atoms with van der Waals surface area (Å²) < 4.78 is 0. The summed E-state index contributed by atoms with van der Waals surface area (Å²) in [7, 11) is 0. The van der Waals surface area contributed by atoms with Gasteiger partial charge in [0, 0.05) is 41.6 Å². The van der Waals surface area contributed by atoms with Gasteiger partial charge in [-0.15, -0.1) is 0 Å². The van der Waals surface area contributed by atoms with Crippen molar-refractivity contribution in [3.05, 3.63) is 34.5 Å². The van der Waals surface area contributed by atoms with Crippen LogP contribution in [0.5, 0.6) is 0 Å². The zero-order chi connectivity index (χ0) is 19.1. The van der Waals surface area contributed by atoms with E-state index in [1.807, 2.05) is 11.8 Å². The molecule has 1 saturated carbocycles. The maximum absolute atomic E-state index is 12.8. The number of nitrogens with one attached hydrogen (secondary N) is 2. The van der Waals surface area contributed by atoms with Crippen molar-refractivity contribution in [2.24, 2.45) is 5.92 Å². The first-order chi connectivity index (χ1) is 12.9. The molecule has 2 aliphatic rings. The van der Waals surface area contributed by atoms with Crippen LogP contribution in [0.1, 0.15) is 48.1 Å². The number of benzene rings is 1. The molecule has 27 heavy (non-hydrogen) atoms. The number of nitrogens with zero attached hydrogens (tertiary/aromatic N) is 1. The Morgan fingerprint density at radius 3 is 2.63 bits per heavy atom. The average Bonchev–Trinajstić information content (AvgIpc) is 3.43. The minimum atomic E-state index is 0.0469. The first-order valence-corrected chi connectivity index (χ1v) is 10.1. The molecule has 1 aliphatic carbocycles. The van der Waals surface area contributed by atoms with Crippen molar-refractivity contribution in [1.82, 2.24) is 15.2 Å². The highest BCUT2D eigenvalue weighted by atomic mass is 16.2. The van der Waals surface area contributed by atoms with Crippen molar-refractivity contribution in [3.8, 4) is 0 Å². The number of aryl methyl sites for hydroxylation is 3. The monoisotopic (exact) mass is 367 g/mol. The van der Waals surface area contributed by atoms with Crippen LogP contribution >= 0.6 is 0 Å². The van der Waals surface area contributed by atoms with E-state index in [2.05, 4.69) is 36.3 Å². The van der Waals surface area contributed by atoms with E-state index in [0.717, 1.165) is 49.0 Å². The van der Waals surface area contributed by atoms with Crippen molar-refractivity contribution in [2.75, 3.05) is 13.1 Å². The third-order valence-corrected chi connectivity index (χ3v) is 6.05. The molecule has 0 radical (unpaired) electrons. The number of carbonyl (C=O) groups excluding carboxylic acids is 2. The van der Waals surface area contributed by atoms with Crippen LogP contribution in [-0.4, -0.2) is 40.8 Å². The number of hydrogen-bond donors (Lipinski definition) is 2. The van der Waals surface area contributed by atoms with Gasteiger partial charge >= 0.3 is 0 Å². The number of rotatable bonds is 4. The maximum atomic E-state index is 12.8. The lowest BCUT2D eigenvalue weighted by molar-refractivity contribution is -0.134. The lowest BCUT2D eigenvalue weighted by atomic mass is 10.00. The van der Waals surface area contributed by atoms with E-state index in [-0.39, 0.29) is 23.8 Å². The molecule has 2 amide bonds. The Balaban J connectivity index is 1.45. The van der Waals surface area contributed by atoms with Gasteiger partial charge in [-0.05, 0) is 63.1 Å². The molecule has 2 fully saturated rings. The summed E-state index contributed by atoms with van der Waals surface area (Å²) in [5, 5.41) is 4.36. The number of aromatic nitrogens is 1. The molecule has 1 atom stereocenters. The molecular formula is C22H29N3O2. The Hall–Kier alpha value is -2.30. The number of hydrogen-bond acceptors (Lipinski definition) is 2. The number of aromatic amines is 1. The highest BCUT2D eigenvalue weighted by Crippen LogP contribution is 2.32. The first-order valence-electron chi connectivity index (χ1n) is 10.1. The molecule has 144 valence electrons. The summed E-state index contributed by atoms with van der Waals surface area (Å²) in [6.07, 6.45) is 4.36. The number of fused-ring (bicyclic) bond motifs is 1. The summed E-state index contributed by atoms with van der Waals surface area (Å²) >= 11 is 0. The fourth-order valence-corrected chi connectivity index (χ4v) is 4.36. The molecule has 1 saturated heterocycles. The second-order valence-electron chi connectivity index (χ2n) is 8.32. The van der Waals surface area contributed by atoms with Crippen molar-refractivity contribution in [1.29, 1.82) is 0 Å². The Morgan fingerprint density at radius 1 is 1.15 bits per heavy atom. The molecule has 0 bridgehead atoms. The summed E-state index contributed by atoms with van der Waals surface area (Å²) in [5.41, 5.74) is 5.68. The molecule has 0 spiro atoms. The van der Waals surface area contributed by atoms with Crippen LogP contribution < -0.4 is 5.32 Å². The van der Waals surface area contributed by atoms with Crippen molar-refractivity contribution >= 4 is 22.7 Å². The van der Waals surface area contributed by atoms with Crippen LogP contribution in [0.2, 0.25) is 0 Å². The Bertz CT molecular complexity index is 895. The second-order valence-corrected chi connectivity index (χ2v) is 8.32. The zero-order valence-corrected chi connectivity index (χ0v) is 16.5. The van der Waals surface area contributed by atoms with Crippen molar-refractivity contribution in [3.63, 3.8) is 0 Å². The van der Waals surface area contributed by atoms with Gasteiger partial charge in [0.1, 0.15) is 0 Å². The third kappa shape index (κ3) is 3.60. The van der Waals surface area contributed by atoms with Crippen LogP contribution in [0.25, 0.3) is 10.9 Å². The van der Waals surface area contributed by atoms with Gasteiger partial charge in [0.05, 0.1) is 6.42 Å². The van der Waals surface area contributed by atoms with Crippen LogP contribution in [0.3, 0.4) is 0 Å². The molecule has 4 rings (SSSR count). The highest BCUT2D eigenvalue weighted by molar-refractivity contribution is 5.94. The van der Waals surface area contributed by atoms with E-state index in [0.29, 0.717) is 13.0 Å². The van der Waals surface area contributed by atoms with Crippen molar-refractivity contribution < 1.29 is 9.59 Å². The number of H-pyrrole nitrogens is 1. The Labute approximate surface area is 160 Å². The third-order valence-electron chi connectivity index (χ3n) is 6.05. The highest BCUT2D eigenvalue weighted by Gasteiger charge is 2.35. The van der Waals surface area contributed by atoms with Gasteiger partial charge < -0.3 is 15.2 Å². The van der Waals surface area contributed by atoms with Gasteiger partial charge in [-0.2, -0.15) is 0 Å². The van der Waals surface area contributed by atoms with Crippen LogP contribution in [0.4, 0.5) is 0 Å². The lowest BCUT2D eigenvalue weighted by Crippen LogP contribution is -2.50. The largest absolute Gasteiger partial charge is 0.358 e. The normalized spacial score (nSPS) is 20.1. The van der Waals surface area contributed by atoms with E-state index in [1.54, 1.807) is 0 Å². The Morgan fingerprint density at radius 2 is 1.89 bits per heavy atom. The minimum absolute atomic E-state index is 0.0469. The fraction of sp³-hybridized carbons (Fsp3) is 0.545. The van der Waals surface area contributed by atoms with Crippen molar-refractivity contribution in [2.45, 2.75) is 58.9 Å². The Kier molecular flexibility index (Phi) is 4.70. The van der Waals surface area contributed by atoms with Gasteiger partial charge in [0.15, 0.2) is 0 Å². The molecule has 2 aromatic rings. The summed E-state index contributed by atoms with van der Waals surface area (Å²) in [6.45, 7) is 7.72. The maximum Gasteiger partial charge on any atom is 0.225 e. The molecule has 1 aromatic carbocycles. The smallest absolute Gasteiger partial charge is 0.225 e. The number of piperidine rings is 1. The minimum Gasteiger partial charge on any atom is -0.358 e. The predicted molar refractivity (Wildman–Crippen MR) is 107 cm³/mol. The standard InChI is InChI=1S/C22H29N3O2/c1-13-6-7-14(2)21-20(13)18(15(3)23-21)11-19(26)24-17-5-4-10-25(12-17)22(27)16-8-9-16/h6-7,16-17,23H,4-5,8-12H2,1-3H3,(H,24,26). The molecule has 5 heteroatoms. The average molecular weight is 367 g/mol. The second kappa shape index (κ2) is 7.02. The summed E-state index contributed by atoms with van der Waals surface area (Å²) in [5.74, 6) is 0.581. The van der Waals surface area contributed by atoms with E-state index >= 15 is 0 Å². The number of amides is 2. The molecular weight excluding hydrogens is 338 g/mol. The zero-order valence-electron chi connectivity index (χ0n) is 16.5. The first kappa shape index (κ1) is 18.1. The summed E-state index contributed by atoms with van der Waals surface area (Å²) in [6, 6.07) is 4.31.